The molecule has 2 amide bonds. The van der Waals surface area contributed by atoms with Gasteiger partial charge in [-0.1, -0.05) is 12.1 Å². The zero-order chi connectivity index (χ0) is 14.8. The Morgan fingerprint density at radius 1 is 1.38 bits per heavy atom. The lowest BCUT2D eigenvalue weighted by Crippen LogP contribution is -2.46. The number of carbonyl (C=O) groups excluding carboxylic acids is 1. The van der Waals surface area contributed by atoms with Gasteiger partial charge in [-0.2, -0.15) is 4.98 Å². The van der Waals surface area contributed by atoms with Crippen molar-refractivity contribution >= 4 is 6.03 Å². The molecule has 2 aliphatic rings. The number of hydrogen-bond acceptors (Lipinski definition) is 5. The first kappa shape index (κ1) is 14.3. The van der Waals surface area contributed by atoms with E-state index >= 15 is 0 Å². The van der Waals surface area contributed by atoms with Gasteiger partial charge in [-0.05, 0) is 19.8 Å². The van der Waals surface area contributed by atoms with E-state index in [2.05, 4.69) is 27.3 Å². The van der Waals surface area contributed by atoms with Gasteiger partial charge in [-0.15, -0.1) is 0 Å². The van der Waals surface area contributed by atoms with E-state index in [1.165, 1.54) is 0 Å². The van der Waals surface area contributed by atoms with E-state index in [-0.39, 0.29) is 12.1 Å². The first-order valence-electron chi connectivity index (χ1n) is 7.80. The van der Waals surface area contributed by atoms with E-state index < -0.39 is 0 Å². The second-order valence-corrected chi connectivity index (χ2v) is 5.77. The summed E-state index contributed by atoms with van der Waals surface area (Å²) in [7, 11) is 0. The average Bonchev–Trinajstić information content (AvgIpc) is 3.15. The van der Waals surface area contributed by atoms with Crippen LogP contribution in [0.2, 0.25) is 0 Å². The number of aromatic nitrogens is 2. The van der Waals surface area contributed by atoms with Crippen molar-refractivity contribution in [2.75, 3.05) is 26.2 Å². The quantitative estimate of drug-likeness (QED) is 0.902. The molecule has 1 aromatic rings. The number of urea groups is 1. The Kier molecular flexibility index (Phi) is 4.10. The monoisotopic (exact) mass is 293 g/mol. The maximum atomic E-state index is 11.7. The highest BCUT2D eigenvalue weighted by atomic mass is 16.5. The lowest BCUT2D eigenvalue weighted by atomic mass is 10.0. The van der Waals surface area contributed by atoms with Crippen LogP contribution >= 0.6 is 0 Å². The molecular weight excluding hydrogens is 270 g/mol. The van der Waals surface area contributed by atoms with Crippen molar-refractivity contribution < 1.29 is 9.32 Å². The predicted molar refractivity (Wildman–Crippen MR) is 76.8 cm³/mol. The molecule has 7 nitrogen and oxygen atoms in total. The van der Waals surface area contributed by atoms with Gasteiger partial charge in [0.15, 0.2) is 5.82 Å². The van der Waals surface area contributed by atoms with Crippen LogP contribution in [0.4, 0.5) is 4.79 Å². The Morgan fingerprint density at radius 2 is 2.14 bits per heavy atom. The summed E-state index contributed by atoms with van der Waals surface area (Å²) in [5.74, 6) is 1.46. The summed E-state index contributed by atoms with van der Waals surface area (Å²) in [6.07, 6.45) is 2.81. The highest BCUT2D eigenvalue weighted by molar-refractivity contribution is 5.76. The molecule has 3 rings (SSSR count). The van der Waals surface area contributed by atoms with Crippen molar-refractivity contribution in [1.29, 1.82) is 0 Å². The van der Waals surface area contributed by atoms with Gasteiger partial charge in [0.05, 0.1) is 6.04 Å². The van der Waals surface area contributed by atoms with Crippen molar-refractivity contribution in [3.63, 3.8) is 0 Å². The third kappa shape index (κ3) is 2.88. The molecule has 7 heteroatoms. The van der Waals surface area contributed by atoms with E-state index in [1.54, 1.807) is 0 Å². The van der Waals surface area contributed by atoms with Crippen molar-refractivity contribution in [3.8, 4) is 0 Å². The van der Waals surface area contributed by atoms with Crippen LogP contribution in [-0.4, -0.2) is 58.2 Å². The molecular formula is C14H23N5O2. The summed E-state index contributed by atoms with van der Waals surface area (Å²) in [5.41, 5.74) is 0. The normalized spacial score (nSPS) is 22.6. The van der Waals surface area contributed by atoms with Crippen LogP contribution in [0.3, 0.4) is 0 Å². The zero-order valence-corrected chi connectivity index (χ0v) is 12.7. The molecule has 0 spiro atoms. The van der Waals surface area contributed by atoms with Crippen LogP contribution in [0.15, 0.2) is 4.52 Å². The fourth-order valence-corrected chi connectivity index (χ4v) is 3.16. The first-order chi connectivity index (χ1) is 10.2. The van der Waals surface area contributed by atoms with E-state index in [1.807, 2.05) is 11.8 Å². The number of hydrogen-bond donors (Lipinski definition) is 1. The van der Waals surface area contributed by atoms with Crippen LogP contribution in [0, 0.1) is 0 Å². The number of amides is 2. The van der Waals surface area contributed by atoms with Crippen molar-refractivity contribution in [1.82, 2.24) is 25.3 Å². The Labute approximate surface area is 124 Å². The van der Waals surface area contributed by atoms with Gasteiger partial charge in [-0.3, -0.25) is 4.90 Å². The lowest BCUT2D eigenvalue weighted by molar-refractivity contribution is 0.0981. The summed E-state index contributed by atoms with van der Waals surface area (Å²) >= 11 is 0. The van der Waals surface area contributed by atoms with E-state index in [4.69, 9.17) is 4.52 Å². The van der Waals surface area contributed by atoms with E-state index in [9.17, 15) is 4.79 Å². The fourth-order valence-electron chi connectivity index (χ4n) is 3.16. The van der Waals surface area contributed by atoms with Gasteiger partial charge in [0.25, 0.3) is 0 Å². The van der Waals surface area contributed by atoms with Crippen LogP contribution in [-0.2, 0) is 6.42 Å². The summed E-state index contributed by atoms with van der Waals surface area (Å²) in [4.78, 5) is 20.5. The fraction of sp³-hybridized carbons (Fsp3) is 0.786. The highest BCUT2D eigenvalue weighted by Crippen LogP contribution is 2.25. The van der Waals surface area contributed by atoms with Gasteiger partial charge < -0.3 is 14.7 Å². The maximum absolute atomic E-state index is 11.7. The van der Waals surface area contributed by atoms with Gasteiger partial charge in [0, 0.05) is 38.6 Å². The number of rotatable bonds is 4. The second kappa shape index (κ2) is 6.01. The zero-order valence-electron chi connectivity index (χ0n) is 12.7. The molecule has 2 saturated heterocycles. The van der Waals surface area contributed by atoms with Gasteiger partial charge in [-0.25, -0.2) is 4.79 Å². The third-order valence-corrected chi connectivity index (χ3v) is 4.53. The largest absolute Gasteiger partial charge is 0.338 e. The lowest BCUT2D eigenvalue weighted by Gasteiger charge is -2.37. The standard InChI is InChI=1S/C14H23N5O2/c1-3-12-16-13(21-17-12)10(2)18-7-4-11(5-8-18)19-9-6-15-14(19)20/h10-11H,3-9H2,1-2H3,(H,15,20)/t10-/m1/s1. The minimum Gasteiger partial charge on any atom is -0.338 e. The number of aryl methyl sites for hydroxylation is 1. The molecule has 116 valence electrons. The van der Waals surface area contributed by atoms with Crippen LogP contribution < -0.4 is 5.32 Å². The molecule has 1 atom stereocenters. The SMILES string of the molecule is CCc1noc([C@@H](C)N2CCC(N3CCNC3=O)CC2)n1. The van der Waals surface area contributed by atoms with Crippen LogP contribution in [0.25, 0.3) is 0 Å². The van der Waals surface area contributed by atoms with E-state index in [0.29, 0.717) is 11.9 Å². The number of likely N-dealkylation sites (tertiary alicyclic amines) is 1. The van der Waals surface area contributed by atoms with Crippen LogP contribution in [0.5, 0.6) is 0 Å². The molecule has 0 aromatic carbocycles. The topological polar surface area (TPSA) is 74.5 Å². The average molecular weight is 293 g/mol. The Morgan fingerprint density at radius 3 is 2.71 bits per heavy atom. The summed E-state index contributed by atoms with van der Waals surface area (Å²) < 4.78 is 5.34. The maximum Gasteiger partial charge on any atom is 0.317 e. The Bertz CT molecular complexity index is 495. The van der Waals surface area contributed by atoms with Gasteiger partial charge in [0.1, 0.15) is 0 Å². The van der Waals surface area contributed by atoms with Crippen molar-refractivity contribution in [2.24, 2.45) is 0 Å². The molecule has 0 aliphatic carbocycles. The van der Waals surface area contributed by atoms with E-state index in [0.717, 1.165) is 51.3 Å². The summed E-state index contributed by atoms with van der Waals surface area (Å²) in [5, 5.41) is 6.84. The van der Waals surface area contributed by atoms with Gasteiger partial charge >= 0.3 is 6.03 Å². The number of piperidine rings is 1. The summed E-state index contributed by atoms with van der Waals surface area (Å²) in [6.45, 7) is 7.65. The summed E-state index contributed by atoms with van der Waals surface area (Å²) in [6, 6.07) is 0.599. The molecule has 3 heterocycles. The molecule has 0 unspecified atom stereocenters. The molecule has 21 heavy (non-hydrogen) atoms. The molecule has 1 aromatic heterocycles. The molecule has 0 bridgehead atoms. The van der Waals surface area contributed by atoms with Crippen molar-refractivity contribution in [2.45, 2.75) is 45.2 Å². The molecule has 1 N–H and O–H groups in total. The predicted octanol–water partition coefficient (Wildman–Crippen LogP) is 1.18. The molecule has 2 fully saturated rings. The highest BCUT2D eigenvalue weighted by Gasteiger charge is 2.33. The minimum atomic E-state index is 0.0889. The minimum absolute atomic E-state index is 0.0889. The third-order valence-electron chi connectivity index (χ3n) is 4.53. The van der Waals surface area contributed by atoms with Crippen molar-refractivity contribution in [3.05, 3.63) is 11.7 Å². The number of carbonyl (C=O) groups is 1. The van der Waals surface area contributed by atoms with Gasteiger partial charge in [0.2, 0.25) is 5.89 Å². The second-order valence-electron chi connectivity index (χ2n) is 5.77. The number of nitrogens with one attached hydrogen (secondary N) is 1. The Hall–Kier alpha value is -1.63. The molecule has 0 saturated carbocycles. The first-order valence-corrected chi connectivity index (χ1v) is 7.80. The number of nitrogens with zero attached hydrogens (tertiary/aromatic N) is 4. The molecule has 0 radical (unpaired) electrons. The Balaban J connectivity index is 1.56. The van der Waals surface area contributed by atoms with Crippen LogP contribution in [0.1, 0.15) is 44.4 Å². The smallest absolute Gasteiger partial charge is 0.317 e. The molecule has 2 aliphatic heterocycles.